The highest BCUT2D eigenvalue weighted by Gasteiger charge is 2.14. The number of carbonyl (C=O) groups is 2. The second-order valence-electron chi connectivity index (χ2n) is 6.37. The molecule has 1 N–H and O–H groups in total. The summed E-state index contributed by atoms with van der Waals surface area (Å²) in [5, 5.41) is 2.92. The van der Waals surface area contributed by atoms with E-state index in [1.165, 1.54) is 13.2 Å². The third-order valence-electron chi connectivity index (χ3n) is 4.30. The zero-order chi connectivity index (χ0) is 21.1. The molecule has 1 amide bonds. The maximum Gasteiger partial charge on any atom is 0.331 e. The Hall–Kier alpha value is -3.28. The molecule has 0 aliphatic rings. The lowest BCUT2D eigenvalue weighted by molar-refractivity contribution is -0.144. The van der Waals surface area contributed by atoms with Crippen LogP contribution in [0.15, 0.2) is 54.6 Å². The topological polar surface area (TPSA) is 73.9 Å². The van der Waals surface area contributed by atoms with Crippen molar-refractivity contribution in [1.82, 2.24) is 5.32 Å². The summed E-state index contributed by atoms with van der Waals surface area (Å²) in [7, 11) is 3.10. The summed E-state index contributed by atoms with van der Waals surface area (Å²) in [5.41, 5.74) is 1.72. The van der Waals surface area contributed by atoms with Gasteiger partial charge in [-0.2, -0.15) is 0 Å². The smallest absolute Gasteiger partial charge is 0.331 e. The van der Waals surface area contributed by atoms with Gasteiger partial charge in [0.2, 0.25) is 0 Å². The third kappa shape index (κ3) is 6.99. The summed E-state index contributed by atoms with van der Waals surface area (Å²) < 4.78 is 15.5. The molecular formula is C23H27NO5. The summed E-state index contributed by atoms with van der Waals surface area (Å²) in [6, 6.07) is 14.9. The minimum absolute atomic E-state index is 0.105. The summed E-state index contributed by atoms with van der Waals surface area (Å²) in [6.45, 7) is 1.72. The van der Waals surface area contributed by atoms with E-state index in [-0.39, 0.29) is 18.6 Å². The van der Waals surface area contributed by atoms with Gasteiger partial charge in [0.25, 0.3) is 5.91 Å². The first-order chi connectivity index (χ1) is 14.1. The van der Waals surface area contributed by atoms with Crippen molar-refractivity contribution < 1.29 is 23.8 Å². The number of hydrogen-bond donors (Lipinski definition) is 1. The van der Waals surface area contributed by atoms with E-state index in [1.807, 2.05) is 30.3 Å². The van der Waals surface area contributed by atoms with Crippen LogP contribution in [-0.2, 0) is 14.3 Å². The van der Waals surface area contributed by atoms with E-state index in [0.29, 0.717) is 17.1 Å². The van der Waals surface area contributed by atoms with Crippen LogP contribution in [-0.4, -0.2) is 32.7 Å². The quantitative estimate of drug-likeness (QED) is 0.486. The Morgan fingerprint density at radius 1 is 1.07 bits per heavy atom. The summed E-state index contributed by atoms with van der Waals surface area (Å²) in [5.74, 6) is 0.274. The Kier molecular flexibility index (Phi) is 8.76. The van der Waals surface area contributed by atoms with Crippen LogP contribution in [0, 0.1) is 0 Å². The molecule has 6 nitrogen and oxygen atoms in total. The number of benzene rings is 2. The van der Waals surface area contributed by atoms with Gasteiger partial charge in [0.1, 0.15) is 11.5 Å². The van der Waals surface area contributed by atoms with Gasteiger partial charge in [-0.1, -0.05) is 43.7 Å². The summed E-state index contributed by atoms with van der Waals surface area (Å²) in [6.07, 6.45) is 4.56. The van der Waals surface area contributed by atoms with Crippen molar-refractivity contribution in [2.75, 3.05) is 20.8 Å². The van der Waals surface area contributed by atoms with Crippen LogP contribution >= 0.6 is 0 Å². The van der Waals surface area contributed by atoms with Crippen molar-refractivity contribution in [3.8, 4) is 11.5 Å². The van der Waals surface area contributed by atoms with E-state index >= 15 is 0 Å². The first-order valence-corrected chi connectivity index (χ1v) is 9.48. The number of methoxy groups -OCH3 is 2. The van der Waals surface area contributed by atoms with E-state index in [1.54, 1.807) is 31.4 Å². The van der Waals surface area contributed by atoms with Gasteiger partial charge in [-0.25, -0.2) is 4.79 Å². The fraction of sp³-hybridized carbons (Fsp3) is 0.304. The highest BCUT2D eigenvalue weighted by Crippen LogP contribution is 2.25. The lowest BCUT2D eigenvalue weighted by Gasteiger charge is -2.18. The van der Waals surface area contributed by atoms with Crippen molar-refractivity contribution in [2.45, 2.75) is 25.8 Å². The van der Waals surface area contributed by atoms with Crippen molar-refractivity contribution >= 4 is 18.0 Å². The standard InChI is InChI=1S/C23H27NO5/c1-4-8-20(17-9-6-5-7-10-17)24-22(25)16-29-23(26)14-12-18-11-13-19(27-2)15-21(18)28-3/h5-7,9-15,20H,4,8,16H2,1-3H3,(H,24,25)/b14-12+/t20-/m1/s1. The minimum atomic E-state index is -0.607. The van der Waals surface area contributed by atoms with Gasteiger partial charge in [-0.05, 0) is 30.2 Å². The number of amides is 1. The van der Waals surface area contributed by atoms with Gasteiger partial charge in [0.05, 0.1) is 20.3 Å². The van der Waals surface area contributed by atoms with Crippen LogP contribution < -0.4 is 14.8 Å². The number of ether oxygens (including phenoxy) is 3. The number of nitrogens with one attached hydrogen (secondary N) is 1. The zero-order valence-electron chi connectivity index (χ0n) is 17.0. The average Bonchev–Trinajstić information content (AvgIpc) is 2.76. The fourth-order valence-electron chi connectivity index (χ4n) is 2.83. The summed E-state index contributed by atoms with van der Waals surface area (Å²) >= 11 is 0. The molecule has 0 aliphatic carbocycles. The van der Waals surface area contributed by atoms with E-state index < -0.39 is 5.97 Å². The third-order valence-corrected chi connectivity index (χ3v) is 4.30. The first kappa shape index (κ1) is 22.0. The lowest BCUT2D eigenvalue weighted by atomic mass is 10.0. The molecule has 154 valence electrons. The Balaban J connectivity index is 1.89. The van der Waals surface area contributed by atoms with E-state index in [9.17, 15) is 9.59 Å². The zero-order valence-corrected chi connectivity index (χ0v) is 17.0. The first-order valence-electron chi connectivity index (χ1n) is 9.48. The molecule has 0 fully saturated rings. The molecule has 0 heterocycles. The molecule has 0 bridgehead atoms. The maximum atomic E-state index is 12.2. The predicted molar refractivity (Wildman–Crippen MR) is 112 cm³/mol. The second kappa shape index (κ2) is 11.5. The molecule has 29 heavy (non-hydrogen) atoms. The van der Waals surface area contributed by atoms with Crippen LogP contribution in [0.25, 0.3) is 6.08 Å². The van der Waals surface area contributed by atoms with E-state index in [0.717, 1.165) is 18.4 Å². The Morgan fingerprint density at radius 2 is 1.83 bits per heavy atom. The van der Waals surface area contributed by atoms with Crippen LogP contribution in [0.2, 0.25) is 0 Å². The average molecular weight is 397 g/mol. The molecule has 2 aromatic carbocycles. The Morgan fingerprint density at radius 3 is 2.48 bits per heavy atom. The fourth-order valence-corrected chi connectivity index (χ4v) is 2.83. The normalized spacial score (nSPS) is 11.7. The van der Waals surface area contributed by atoms with Crippen LogP contribution in [0.5, 0.6) is 11.5 Å². The van der Waals surface area contributed by atoms with Crippen molar-refractivity contribution in [1.29, 1.82) is 0 Å². The molecule has 0 unspecified atom stereocenters. The number of hydrogen-bond acceptors (Lipinski definition) is 5. The Labute approximate surface area is 171 Å². The van der Waals surface area contributed by atoms with Gasteiger partial charge in [0, 0.05) is 17.7 Å². The molecule has 0 radical (unpaired) electrons. The van der Waals surface area contributed by atoms with Crippen molar-refractivity contribution in [3.63, 3.8) is 0 Å². The molecule has 6 heteroatoms. The molecular weight excluding hydrogens is 370 g/mol. The molecule has 1 atom stereocenters. The van der Waals surface area contributed by atoms with Gasteiger partial charge >= 0.3 is 5.97 Å². The molecule has 0 saturated carbocycles. The van der Waals surface area contributed by atoms with Gasteiger partial charge < -0.3 is 19.5 Å². The largest absolute Gasteiger partial charge is 0.497 e. The van der Waals surface area contributed by atoms with E-state index in [4.69, 9.17) is 14.2 Å². The minimum Gasteiger partial charge on any atom is -0.497 e. The van der Waals surface area contributed by atoms with Gasteiger partial charge in [-0.15, -0.1) is 0 Å². The lowest BCUT2D eigenvalue weighted by Crippen LogP contribution is -2.32. The SMILES string of the molecule is CCC[C@@H](NC(=O)COC(=O)/C=C/c1ccc(OC)cc1OC)c1ccccc1. The molecule has 2 rings (SSSR count). The monoisotopic (exact) mass is 397 g/mol. The number of rotatable bonds is 10. The van der Waals surface area contributed by atoms with Crippen LogP contribution in [0.3, 0.4) is 0 Å². The van der Waals surface area contributed by atoms with Gasteiger partial charge in [0.15, 0.2) is 6.61 Å². The number of carbonyl (C=O) groups excluding carboxylic acids is 2. The summed E-state index contributed by atoms with van der Waals surface area (Å²) in [4.78, 5) is 24.2. The van der Waals surface area contributed by atoms with Crippen LogP contribution in [0.4, 0.5) is 0 Å². The highest BCUT2D eigenvalue weighted by molar-refractivity contribution is 5.89. The Bertz CT molecular complexity index is 832. The molecule has 0 saturated heterocycles. The molecule has 0 aliphatic heterocycles. The second-order valence-corrected chi connectivity index (χ2v) is 6.37. The maximum absolute atomic E-state index is 12.2. The van der Waals surface area contributed by atoms with Gasteiger partial charge in [-0.3, -0.25) is 4.79 Å². The number of esters is 1. The van der Waals surface area contributed by atoms with Crippen molar-refractivity contribution in [2.24, 2.45) is 0 Å². The highest BCUT2D eigenvalue weighted by atomic mass is 16.5. The molecule has 0 aromatic heterocycles. The molecule has 0 spiro atoms. The van der Waals surface area contributed by atoms with Crippen LogP contribution in [0.1, 0.15) is 36.9 Å². The van der Waals surface area contributed by atoms with Crippen molar-refractivity contribution in [3.05, 3.63) is 65.7 Å². The predicted octanol–water partition coefficient (Wildman–Crippen LogP) is 3.92. The van der Waals surface area contributed by atoms with E-state index in [2.05, 4.69) is 12.2 Å². The molecule has 2 aromatic rings.